The quantitative estimate of drug-likeness (QED) is 0.491. The third-order valence-electron chi connectivity index (χ3n) is 4.91. The smallest absolute Gasteiger partial charge is 0.0842 e. The van der Waals surface area contributed by atoms with Gasteiger partial charge in [-0.2, -0.15) is 0 Å². The van der Waals surface area contributed by atoms with Gasteiger partial charge in [0, 0.05) is 31.7 Å². The number of benzene rings is 2. The molecule has 0 radical (unpaired) electrons. The van der Waals surface area contributed by atoms with Crippen molar-refractivity contribution in [1.82, 2.24) is 0 Å². The minimum Gasteiger partial charge on any atom is -0.383 e. The molecule has 166 valence electrons. The summed E-state index contributed by atoms with van der Waals surface area (Å²) in [5.41, 5.74) is 8.59. The Morgan fingerprint density at radius 2 is 1.53 bits per heavy atom. The minimum atomic E-state index is 0.349. The molecule has 1 atom stereocenters. The number of aliphatic imine (C=N–C) groups is 1. The highest BCUT2D eigenvalue weighted by molar-refractivity contribution is 5.86. The zero-order chi connectivity index (χ0) is 22.5. The summed E-state index contributed by atoms with van der Waals surface area (Å²) >= 11 is 0. The standard InChI is InChI=1S/C13H21NO.C13H19NO/c2*1-5-12-8-6-7-10(2)13(12)14-11(3)9-15-4/h6-8,11,14H,5,9H2,1-4H3;6-8H,5,9H2,1-4H3/t11-;/m1./s1. The molecule has 4 nitrogen and oxygen atoms in total. The highest BCUT2D eigenvalue weighted by Gasteiger charge is 2.07. The number of nitrogens with one attached hydrogen (secondary N) is 1. The fourth-order valence-corrected chi connectivity index (χ4v) is 3.36. The van der Waals surface area contributed by atoms with Crippen molar-refractivity contribution in [2.45, 2.75) is 60.4 Å². The van der Waals surface area contributed by atoms with Crippen molar-refractivity contribution in [3.8, 4) is 0 Å². The van der Waals surface area contributed by atoms with E-state index >= 15 is 0 Å². The molecule has 0 unspecified atom stereocenters. The lowest BCUT2D eigenvalue weighted by Crippen LogP contribution is -2.22. The molecule has 0 fully saturated rings. The first-order valence-electron chi connectivity index (χ1n) is 10.8. The maximum Gasteiger partial charge on any atom is 0.0842 e. The molecule has 2 aromatic rings. The second kappa shape index (κ2) is 13.9. The number of hydrogen-bond donors (Lipinski definition) is 1. The van der Waals surface area contributed by atoms with Gasteiger partial charge in [-0.15, -0.1) is 0 Å². The lowest BCUT2D eigenvalue weighted by Gasteiger charge is -2.19. The fourth-order valence-electron chi connectivity index (χ4n) is 3.36. The lowest BCUT2D eigenvalue weighted by molar-refractivity contribution is 0.190. The summed E-state index contributed by atoms with van der Waals surface area (Å²) in [6.07, 6.45) is 2.07. The number of methoxy groups -OCH3 is 2. The van der Waals surface area contributed by atoms with Crippen LogP contribution in [-0.2, 0) is 22.3 Å². The van der Waals surface area contributed by atoms with E-state index in [1.165, 1.54) is 27.9 Å². The van der Waals surface area contributed by atoms with Gasteiger partial charge in [0.05, 0.1) is 18.9 Å². The van der Waals surface area contributed by atoms with Gasteiger partial charge in [0.1, 0.15) is 0 Å². The maximum absolute atomic E-state index is 5.13. The summed E-state index contributed by atoms with van der Waals surface area (Å²) in [6, 6.07) is 13.1. The molecule has 0 aliphatic carbocycles. The van der Waals surface area contributed by atoms with Crippen molar-refractivity contribution in [3.05, 3.63) is 58.7 Å². The normalized spacial score (nSPS) is 12.2. The first-order chi connectivity index (χ1) is 14.4. The number of aryl methyl sites for hydroxylation is 4. The number of para-hydroxylation sites is 2. The van der Waals surface area contributed by atoms with Gasteiger partial charge in [0.25, 0.3) is 0 Å². The van der Waals surface area contributed by atoms with Crippen molar-refractivity contribution in [1.29, 1.82) is 0 Å². The van der Waals surface area contributed by atoms with Crippen LogP contribution in [0.25, 0.3) is 0 Å². The third kappa shape index (κ3) is 8.29. The Morgan fingerprint density at radius 1 is 0.933 bits per heavy atom. The van der Waals surface area contributed by atoms with Gasteiger partial charge < -0.3 is 14.8 Å². The first kappa shape index (κ1) is 25.9. The highest BCUT2D eigenvalue weighted by Crippen LogP contribution is 2.24. The third-order valence-corrected chi connectivity index (χ3v) is 4.91. The molecule has 0 saturated heterocycles. The maximum atomic E-state index is 5.13. The summed E-state index contributed by atoms with van der Waals surface area (Å²) in [7, 11) is 3.42. The first-order valence-corrected chi connectivity index (χ1v) is 10.8. The Hall–Kier alpha value is -2.17. The lowest BCUT2D eigenvalue weighted by atomic mass is 10.1. The molecule has 0 aliphatic rings. The molecule has 2 rings (SSSR count). The van der Waals surface area contributed by atoms with Crippen molar-refractivity contribution in [3.63, 3.8) is 0 Å². The Labute approximate surface area is 183 Å². The van der Waals surface area contributed by atoms with Gasteiger partial charge in [-0.05, 0) is 62.8 Å². The summed E-state index contributed by atoms with van der Waals surface area (Å²) in [5.74, 6) is 0. The molecule has 2 aromatic carbocycles. The van der Waals surface area contributed by atoms with Crippen molar-refractivity contribution in [2.75, 3.05) is 32.8 Å². The van der Waals surface area contributed by atoms with Crippen LogP contribution >= 0.6 is 0 Å². The SMILES string of the molecule is CCc1cccc(C)c1N=C(C)COC.CCc1cccc(C)c1N[C@H](C)COC. The molecule has 0 bridgehead atoms. The van der Waals surface area contributed by atoms with E-state index in [0.717, 1.165) is 30.8 Å². The van der Waals surface area contributed by atoms with Gasteiger partial charge in [0.15, 0.2) is 0 Å². The molecule has 30 heavy (non-hydrogen) atoms. The molecule has 0 aromatic heterocycles. The molecule has 4 heteroatoms. The molecule has 0 spiro atoms. The Bertz CT molecular complexity index is 800. The van der Waals surface area contributed by atoms with Gasteiger partial charge in [0.2, 0.25) is 0 Å². The van der Waals surface area contributed by atoms with Gasteiger partial charge in [-0.1, -0.05) is 50.2 Å². The van der Waals surface area contributed by atoms with Crippen LogP contribution in [0.15, 0.2) is 41.4 Å². The van der Waals surface area contributed by atoms with E-state index in [9.17, 15) is 0 Å². The van der Waals surface area contributed by atoms with E-state index < -0.39 is 0 Å². The zero-order valence-corrected chi connectivity index (χ0v) is 20.1. The van der Waals surface area contributed by atoms with E-state index in [2.05, 4.69) is 81.3 Å². The Balaban J connectivity index is 0.000000300. The summed E-state index contributed by atoms with van der Waals surface area (Å²) in [6.45, 7) is 14.0. The average molecular weight is 413 g/mol. The van der Waals surface area contributed by atoms with Crippen LogP contribution < -0.4 is 5.32 Å². The average Bonchev–Trinajstić information content (AvgIpc) is 2.72. The van der Waals surface area contributed by atoms with Crippen LogP contribution in [0.5, 0.6) is 0 Å². The number of ether oxygens (including phenoxy) is 2. The fraction of sp³-hybridized carbons (Fsp3) is 0.500. The van der Waals surface area contributed by atoms with Crippen molar-refractivity contribution in [2.24, 2.45) is 4.99 Å². The van der Waals surface area contributed by atoms with Crippen LogP contribution in [0.1, 0.15) is 49.9 Å². The summed E-state index contributed by atoms with van der Waals surface area (Å²) in [4.78, 5) is 4.61. The molecule has 0 amide bonds. The Kier molecular flexibility index (Phi) is 12.0. The van der Waals surface area contributed by atoms with Gasteiger partial charge in [-0.3, -0.25) is 4.99 Å². The van der Waals surface area contributed by atoms with Crippen LogP contribution in [0.2, 0.25) is 0 Å². The number of nitrogens with zero attached hydrogens (tertiary/aromatic N) is 1. The number of anilines is 1. The molecule has 0 heterocycles. The molecular weight excluding hydrogens is 372 g/mol. The van der Waals surface area contributed by atoms with Crippen LogP contribution in [0, 0.1) is 13.8 Å². The summed E-state index contributed by atoms with van der Waals surface area (Å²) in [5, 5.41) is 3.51. The monoisotopic (exact) mass is 412 g/mol. The van der Waals surface area contributed by atoms with Crippen molar-refractivity contribution >= 4 is 17.1 Å². The number of hydrogen-bond acceptors (Lipinski definition) is 4. The second-order valence-electron chi connectivity index (χ2n) is 7.68. The molecule has 1 N–H and O–H groups in total. The van der Waals surface area contributed by atoms with E-state index in [4.69, 9.17) is 9.47 Å². The zero-order valence-electron chi connectivity index (χ0n) is 20.1. The van der Waals surface area contributed by atoms with E-state index in [1.807, 2.05) is 6.92 Å². The summed E-state index contributed by atoms with van der Waals surface area (Å²) < 4.78 is 10.2. The minimum absolute atomic E-state index is 0.349. The highest BCUT2D eigenvalue weighted by atomic mass is 16.5. The largest absolute Gasteiger partial charge is 0.383 e. The molecule has 0 saturated carbocycles. The van der Waals surface area contributed by atoms with Crippen LogP contribution in [-0.4, -0.2) is 39.2 Å². The van der Waals surface area contributed by atoms with E-state index in [-0.39, 0.29) is 0 Å². The van der Waals surface area contributed by atoms with E-state index in [0.29, 0.717) is 12.6 Å². The molecular formula is C26H40N2O2. The number of rotatable bonds is 9. The Morgan fingerprint density at radius 3 is 2.10 bits per heavy atom. The van der Waals surface area contributed by atoms with Gasteiger partial charge in [-0.25, -0.2) is 0 Å². The predicted octanol–water partition coefficient (Wildman–Crippen LogP) is 6.30. The topological polar surface area (TPSA) is 42.8 Å². The van der Waals surface area contributed by atoms with Crippen LogP contribution in [0.3, 0.4) is 0 Å². The van der Waals surface area contributed by atoms with Crippen LogP contribution in [0.4, 0.5) is 11.4 Å². The molecule has 0 aliphatic heterocycles. The van der Waals surface area contributed by atoms with E-state index in [1.54, 1.807) is 14.2 Å². The predicted molar refractivity (Wildman–Crippen MR) is 131 cm³/mol. The van der Waals surface area contributed by atoms with Crippen molar-refractivity contribution < 1.29 is 9.47 Å². The second-order valence-corrected chi connectivity index (χ2v) is 7.68. The van der Waals surface area contributed by atoms with Gasteiger partial charge >= 0.3 is 0 Å².